The topological polar surface area (TPSA) is 8.17 Å². The molecule has 0 unspecified atom stereocenters. The first kappa shape index (κ1) is 41.5. The SMILES string of the molecule is CC(C)(C)c1ccc(-c2cc(C(C)(C)C)ccc2-c2ccc(C(C)(C)C)cc2N(c2ccccc2)c2ccc3ccc4c(-n5c6ccccc6c6ccccc65)ccc5ccc2c3c54)cc1. The van der Waals surface area contributed by atoms with Gasteiger partial charge in [-0.2, -0.15) is 0 Å². The molecular weight excluding hydrogens is 797 g/mol. The highest BCUT2D eigenvalue weighted by molar-refractivity contribution is 6.27. The molecule has 0 atom stereocenters. The fraction of sp³-hybridized carbons (Fsp3) is 0.188. The zero-order valence-electron chi connectivity index (χ0n) is 39.8. The van der Waals surface area contributed by atoms with Crippen molar-refractivity contribution in [1.82, 2.24) is 4.57 Å². The van der Waals surface area contributed by atoms with E-state index < -0.39 is 0 Å². The number of para-hydroxylation sites is 3. The van der Waals surface area contributed by atoms with E-state index in [0.29, 0.717) is 0 Å². The standard InChI is InChI=1S/C64H58N2/c1-62(2,3)44-29-23-41(24-30-44)54-39-45(63(4,5)6)31-35-48(54)51-36-32-46(64(7,8)9)40-59(51)65(47-17-11-10-12-18-47)57-37-27-42-26-34-53-58(38-28-43-25-33-52(57)60(42)61(43)53)66-55-21-15-13-19-49(55)50-20-14-16-22-56(50)66/h10-40H,1-9H3. The Morgan fingerprint density at radius 3 is 1.47 bits per heavy atom. The van der Waals surface area contributed by atoms with Gasteiger partial charge in [-0.3, -0.25) is 0 Å². The normalized spacial score (nSPS) is 12.6. The summed E-state index contributed by atoms with van der Waals surface area (Å²) in [4.78, 5) is 2.54. The molecule has 0 aliphatic carbocycles. The van der Waals surface area contributed by atoms with Crippen LogP contribution in [0.3, 0.4) is 0 Å². The Morgan fingerprint density at radius 1 is 0.348 bits per heavy atom. The maximum absolute atomic E-state index is 2.54. The number of nitrogens with zero attached hydrogens (tertiary/aromatic N) is 2. The summed E-state index contributed by atoms with van der Waals surface area (Å²) in [6.07, 6.45) is 0. The molecule has 0 aliphatic rings. The Balaban J connectivity index is 1.19. The minimum atomic E-state index is -0.0801. The summed E-state index contributed by atoms with van der Waals surface area (Å²) in [5.41, 5.74) is 15.9. The molecule has 0 spiro atoms. The fourth-order valence-electron chi connectivity index (χ4n) is 10.4. The number of aromatic nitrogens is 1. The third kappa shape index (κ3) is 6.85. The van der Waals surface area contributed by atoms with Gasteiger partial charge in [-0.1, -0.05) is 208 Å². The maximum atomic E-state index is 2.54. The molecule has 0 N–H and O–H groups in total. The van der Waals surface area contributed by atoms with Gasteiger partial charge in [0.2, 0.25) is 0 Å². The molecule has 324 valence electrons. The predicted molar refractivity (Wildman–Crippen MR) is 286 cm³/mol. The summed E-state index contributed by atoms with van der Waals surface area (Å²) in [5, 5.41) is 10.1. The molecule has 0 aliphatic heterocycles. The van der Waals surface area contributed by atoms with Crippen LogP contribution in [0.1, 0.15) is 79.0 Å². The molecule has 11 rings (SSSR count). The van der Waals surface area contributed by atoms with Crippen molar-refractivity contribution in [2.24, 2.45) is 0 Å². The van der Waals surface area contributed by atoms with Crippen LogP contribution < -0.4 is 4.90 Å². The Hall–Kier alpha value is -7.16. The largest absolute Gasteiger partial charge is 0.309 e. The molecule has 2 heteroatoms. The van der Waals surface area contributed by atoms with Gasteiger partial charge in [0.05, 0.1) is 28.1 Å². The maximum Gasteiger partial charge on any atom is 0.0543 e. The van der Waals surface area contributed by atoms with Crippen LogP contribution in [0, 0.1) is 0 Å². The Kier molecular flexibility index (Phi) is 9.57. The smallest absolute Gasteiger partial charge is 0.0543 e. The third-order valence-electron chi connectivity index (χ3n) is 14.0. The van der Waals surface area contributed by atoms with Gasteiger partial charge in [0.15, 0.2) is 0 Å². The van der Waals surface area contributed by atoms with E-state index >= 15 is 0 Å². The lowest BCUT2D eigenvalue weighted by molar-refractivity contribution is 0.589. The van der Waals surface area contributed by atoms with Crippen LogP contribution in [0.5, 0.6) is 0 Å². The minimum Gasteiger partial charge on any atom is -0.309 e. The van der Waals surface area contributed by atoms with Crippen LogP contribution in [0.4, 0.5) is 17.1 Å². The molecular formula is C64H58N2. The molecule has 0 radical (unpaired) electrons. The Morgan fingerprint density at radius 2 is 0.848 bits per heavy atom. The summed E-state index contributed by atoms with van der Waals surface area (Å²) in [6, 6.07) is 71.0. The highest BCUT2D eigenvalue weighted by Crippen LogP contribution is 2.50. The van der Waals surface area contributed by atoms with Gasteiger partial charge in [0.1, 0.15) is 0 Å². The molecule has 2 nitrogen and oxygen atoms in total. The van der Waals surface area contributed by atoms with E-state index in [0.717, 1.165) is 17.1 Å². The number of hydrogen-bond donors (Lipinski definition) is 0. The highest BCUT2D eigenvalue weighted by atomic mass is 15.1. The van der Waals surface area contributed by atoms with Gasteiger partial charge in [-0.25, -0.2) is 0 Å². The zero-order chi connectivity index (χ0) is 45.7. The molecule has 0 bridgehead atoms. The second-order valence-corrected chi connectivity index (χ2v) is 21.5. The van der Waals surface area contributed by atoms with E-state index in [9.17, 15) is 0 Å². The molecule has 1 heterocycles. The molecule has 11 aromatic rings. The lowest BCUT2D eigenvalue weighted by Gasteiger charge is -2.32. The van der Waals surface area contributed by atoms with E-state index in [1.165, 1.54) is 98.8 Å². The van der Waals surface area contributed by atoms with Crippen LogP contribution in [0.15, 0.2) is 188 Å². The van der Waals surface area contributed by atoms with Crippen molar-refractivity contribution in [3.05, 3.63) is 205 Å². The van der Waals surface area contributed by atoms with Crippen LogP contribution >= 0.6 is 0 Å². The lowest BCUT2D eigenvalue weighted by Crippen LogP contribution is -2.16. The van der Waals surface area contributed by atoms with E-state index in [4.69, 9.17) is 0 Å². The number of fused-ring (bicyclic) bond motifs is 3. The van der Waals surface area contributed by atoms with Crippen LogP contribution in [0.25, 0.3) is 82.1 Å². The van der Waals surface area contributed by atoms with Crippen molar-refractivity contribution in [2.45, 2.75) is 78.6 Å². The number of anilines is 3. The van der Waals surface area contributed by atoms with Crippen molar-refractivity contribution >= 4 is 71.2 Å². The number of benzene rings is 10. The molecule has 0 saturated carbocycles. The van der Waals surface area contributed by atoms with Crippen LogP contribution in [0.2, 0.25) is 0 Å². The van der Waals surface area contributed by atoms with Gasteiger partial charge >= 0.3 is 0 Å². The summed E-state index contributed by atoms with van der Waals surface area (Å²) in [6.45, 7) is 20.8. The predicted octanol–water partition coefficient (Wildman–Crippen LogP) is 18.4. The Labute approximate surface area is 390 Å². The summed E-state index contributed by atoms with van der Waals surface area (Å²) >= 11 is 0. The molecule has 66 heavy (non-hydrogen) atoms. The van der Waals surface area contributed by atoms with E-state index in [2.05, 4.69) is 260 Å². The molecule has 1 aromatic heterocycles. The van der Waals surface area contributed by atoms with E-state index in [1.54, 1.807) is 0 Å². The van der Waals surface area contributed by atoms with Gasteiger partial charge in [0, 0.05) is 32.8 Å². The first-order valence-electron chi connectivity index (χ1n) is 23.6. The second-order valence-electron chi connectivity index (χ2n) is 21.5. The Bertz CT molecular complexity index is 3570. The van der Waals surface area contributed by atoms with Crippen molar-refractivity contribution in [2.75, 3.05) is 4.90 Å². The monoisotopic (exact) mass is 854 g/mol. The first-order chi connectivity index (χ1) is 31.6. The van der Waals surface area contributed by atoms with Crippen LogP contribution in [-0.4, -0.2) is 4.57 Å². The average Bonchev–Trinajstić information content (AvgIpc) is 3.64. The second kappa shape index (κ2) is 15.2. The van der Waals surface area contributed by atoms with Crippen LogP contribution in [-0.2, 0) is 16.2 Å². The molecule has 0 fully saturated rings. The van der Waals surface area contributed by atoms with Gasteiger partial charge in [0.25, 0.3) is 0 Å². The van der Waals surface area contributed by atoms with E-state index in [-0.39, 0.29) is 16.2 Å². The minimum absolute atomic E-state index is 0.0171. The summed E-state index contributed by atoms with van der Waals surface area (Å²) < 4.78 is 2.47. The average molecular weight is 855 g/mol. The lowest BCUT2D eigenvalue weighted by atomic mass is 9.81. The van der Waals surface area contributed by atoms with Crippen molar-refractivity contribution in [3.8, 4) is 27.9 Å². The van der Waals surface area contributed by atoms with Crippen molar-refractivity contribution < 1.29 is 0 Å². The van der Waals surface area contributed by atoms with Gasteiger partial charge < -0.3 is 9.47 Å². The summed E-state index contributed by atoms with van der Waals surface area (Å²) in [7, 11) is 0. The molecule has 10 aromatic carbocycles. The molecule has 0 saturated heterocycles. The third-order valence-corrected chi connectivity index (χ3v) is 14.0. The van der Waals surface area contributed by atoms with Crippen molar-refractivity contribution in [1.29, 1.82) is 0 Å². The van der Waals surface area contributed by atoms with Gasteiger partial charge in [-0.05, 0) is 114 Å². The number of hydrogen-bond acceptors (Lipinski definition) is 1. The molecule has 0 amide bonds. The van der Waals surface area contributed by atoms with Gasteiger partial charge in [-0.15, -0.1) is 0 Å². The van der Waals surface area contributed by atoms with Crippen molar-refractivity contribution in [3.63, 3.8) is 0 Å². The summed E-state index contributed by atoms with van der Waals surface area (Å²) in [5.74, 6) is 0. The quantitative estimate of drug-likeness (QED) is 0.151. The fourth-order valence-corrected chi connectivity index (χ4v) is 10.4. The zero-order valence-corrected chi connectivity index (χ0v) is 39.8. The highest BCUT2D eigenvalue weighted by Gasteiger charge is 2.27. The van der Waals surface area contributed by atoms with E-state index in [1.807, 2.05) is 0 Å². The number of rotatable bonds is 6. The first-order valence-corrected chi connectivity index (χ1v) is 23.6.